The number of hydroxylamine groups is 1. The molecule has 0 aliphatic carbocycles. The number of methoxy groups -OCH3 is 1. The minimum absolute atomic E-state index is 0.172. The maximum absolute atomic E-state index is 8.31. The van der Waals surface area contributed by atoms with E-state index >= 15 is 0 Å². The molecule has 1 aromatic carbocycles. The Hall–Kier alpha value is -2.08. The van der Waals surface area contributed by atoms with Gasteiger partial charge in [0, 0.05) is 0 Å². The quantitative estimate of drug-likeness (QED) is 0.379. The van der Waals surface area contributed by atoms with Gasteiger partial charge in [-0.3, -0.25) is 5.21 Å². The van der Waals surface area contributed by atoms with Crippen LogP contribution in [0.5, 0.6) is 5.75 Å². The Morgan fingerprint density at radius 2 is 2.40 bits per heavy atom. The molecule has 0 saturated heterocycles. The fourth-order valence-corrected chi connectivity index (χ4v) is 0.902. The van der Waals surface area contributed by atoms with Crippen molar-refractivity contribution in [2.45, 2.75) is 0 Å². The zero-order valence-electron chi connectivity index (χ0n) is 8.21. The summed E-state index contributed by atoms with van der Waals surface area (Å²) in [5.41, 5.74) is 7.63. The number of benzene rings is 1. The SMILES string of the molecule is COc1cccc(C=N/N=C(\N)NO)c1. The minimum Gasteiger partial charge on any atom is -0.497 e. The van der Waals surface area contributed by atoms with E-state index in [0.717, 1.165) is 11.3 Å². The summed E-state index contributed by atoms with van der Waals surface area (Å²) in [5, 5.41) is 15.4. The van der Waals surface area contributed by atoms with Crippen molar-refractivity contribution in [2.75, 3.05) is 7.11 Å². The summed E-state index contributed by atoms with van der Waals surface area (Å²) in [6, 6.07) is 7.29. The third-order valence-corrected chi connectivity index (χ3v) is 1.58. The summed E-state index contributed by atoms with van der Waals surface area (Å²) in [4.78, 5) is 0. The van der Waals surface area contributed by atoms with Gasteiger partial charge in [0.1, 0.15) is 5.75 Å². The van der Waals surface area contributed by atoms with Gasteiger partial charge in [-0.05, 0) is 17.7 Å². The summed E-state index contributed by atoms with van der Waals surface area (Å²) < 4.78 is 5.03. The van der Waals surface area contributed by atoms with Gasteiger partial charge in [0.05, 0.1) is 13.3 Å². The summed E-state index contributed by atoms with van der Waals surface area (Å²) >= 11 is 0. The lowest BCUT2D eigenvalue weighted by atomic mass is 10.2. The number of guanidine groups is 1. The molecule has 6 heteroatoms. The highest BCUT2D eigenvalue weighted by Gasteiger charge is 1.91. The molecule has 0 aliphatic rings. The maximum Gasteiger partial charge on any atom is 0.237 e. The predicted molar refractivity (Wildman–Crippen MR) is 57.1 cm³/mol. The monoisotopic (exact) mass is 208 g/mol. The molecule has 0 heterocycles. The van der Waals surface area contributed by atoms with Crippen LogP contribution in [0.3, 0.4) is 0 Å². The Kier molecular flexibility index (Phi) is 4.11. The average molecular weight is 208 g/mol. The first-order chi connectivity index (χ1) is 7.26. The molecule has 80 valence electrons. The van der Waals surface area contributed by atoms with Gasteiger partial charge >= 0.3 is 0 Å². The van der Waals surface area contributed by atoms with Gasteiger partial charge in [-0.2, -0.15) is 5.10 Å². The molecule has 0 amide bonds. The molecule has 0 aliphatic heterocycles. The highest BCUT2D eigenvalue weighted by atomic mass is 16.5. The van der Waals surface area contributed by atoms with Gasteiger partial charge in [-0.15, -0.1) is 5.10 Å². The number of rotatable bonds is 3. The van der Waals surface area contributed by atoms with E-state index in [1.807, 2.05) is 18.2 Å². The third-order valence-electron chi connectivity index (χ3n) is 1.58. The van der Waals surface area contributed by atoms with Crippen molar-refractivity contribution in [1.82, 2.24) is 5.48 Å². The maximum atomic E-state index is 8.31. The second-order valence-electron chi connectivity index (χ2n) is 2.62. The Morgan fingerprint density at radius 1 is 1.60 bits per heavy atom. The van der Waals surface area contributed by atoms with E-state index in [2.05, 4.69) is 10.2 Å². The van der Waals surface area contributed by atoms with Gasteiger partial charge in [0.15, 0.2) is 0 Å². The standard InChI is InChI=1S/C9H12N4O2/c1-15-8-4-2-3-7(5-8)6-11-12-9(10)13-14/h2-6,14H,1H3,(H3,10,12,13). The lowest BCUT2D eigenvalue weighted by Crippen LogP contribution is -2.27. The van der Waals surface area contributed by atoms with Crippen LogP contribution >= 0.6 is 0 Å². The van der Waals surface area contributed by atoms with Gasteiger partial charge in [0.25, 0.3) is 0 Å². The molecule has 0 bridgehead atoms. The molecule has 1 aromatic rings. The molecular weight excluding hydrogens is 196 g/mol. The molecule has 0 aromatic heterocycles. The number of hydrogen-bond acceptors (Lipinski definition) is 4. The second kappa shape index (κ2) is 5.61. The molecule has 4 N–H and O–H groups in total. The van der Waals surface area contributed by atoms with E-state index < -0.39 is 0 Å². The minimum atomic E-state index is -0.172. The van der Waals surface area contributed by atoms with E-state index in [1.165, 1.54) is 6.21 Å². The fraction of sp³-hybridized carbons (Fsp3) is 0.111. The zero-order chi connectivity index (χ0) is 11.1. The van der Waals surface area contributed by atoms with Crippen LogP contribution < -0.4 is 16.0 Å². The van der Waals surface area contributed by atoms with Crippen molar-refractivity contribution in [1.29, 1.82) is 0 Å². The summed E-state index contributed by atoms with van der Waals surface area (Å²) in [6.07, 6.45) is 1.49. The molecule has 15 heavy (non-hydrogen) atoms. The molecule has 1 rings (SSSR count). The van der Waals surface area contributed by atoms with Crippen LogP contribution in [0.25, 0.3) is 0 Å². The Balaban J connectivity index is 2.72. The van der Waals surface area contributed by atoms with Gasteiger partial charge in [0.2, 0.25) is 5.96 Å². The molecule has 0 saturated carbocycles. The molecule has 6 nitrogen and oxygen atoms in total. The number of nitrogens with one attached hydrogen (secondary N) is 1. The van der Waals surface area contributed by atoms with Gasteiger partial charge < -0.3 is 10.5 Å². The second-order valence-corrected chi connectivity index (χ2v) is 2.62. The van der Waals surface area contributed by atoms with Crippen molar-refractivity contribution >= 4 is 12.2 Å². The predicted octanol–water partition coefficient (Wildman–Crippen LogP) is 0.323. The van der Waals surface area contributed by atoms with Crippen molar-refractivity contribution in [3.8, 4) is 5.75 Å². The van der Waals surface area contributed by atoms with Crippen LogP contribution in [0.1, 0.15) is 5.56 Å². The van der Waals surface area contributed by atoms with Crippen LogP contribution in [-0.4, -0.2) is 24.5 Å². The van der Waals surface area contributed by atoms with E-state index in [4.69, 9.17) is 15.7 Å². The Morgan fingerprint density at radius 3 is 3.07 bits per heavy atom. The lowest BCUT2D eigenvalue weighted by Gasteiger charge is -1.98. The molecule has 0 fully saturated rings. The molecule has 0 spiro atoms. The van der Waals surface area contributed by atoms with Crippen LogP contribution in [-0.2, 0) is 0 Å². The first-order valence-electron chi connectivity index (χ1n) is 4.17. The first kappa shape index (κ1) is 11.0. The van der Waals surface area contributed by atoms with E-state index in [0.29, 0.717) is 0 Å². The zero-order valence-corrected chi connectivity index (χ0v) is 8.21. The fourth-order valence-electron chi connectivity index (χ4n) is 0.902. The highest BCUT2D eigenvalue weighted by Crippen LogP contribution is 2.10. The van der Waals surface area contributed by atoms with Crippen LogP contribution in [0, 0.1) is 0 Å². The van der Waals surface area contributed by atoms with Crippen molar-refractivity contribution in [2.24, 2.45) is 15.9 Å². The topological polar surface area (TPSA) is 92.2 Å². The first-order valence-corrected chi connectivity index (χ1v) is 4.17. The van der Waals surface area contributed by atoms with Crippen molar-refractivity contribution in [3.63, 3.8) is 0 Å². The van der Waals surface area contributed by atoms with E-state index in [-0.39, 0.29) is 5.96 Å². The summed E-state index contributed by atoms with van der Waals surface area (Å²) in [7, 11) is 1.59. The van der Waals surface area contributed by atoms with Gasteiger partial charge in [-0.1, -0.05) is 12.1 Å². The normalized spacial score (nSPS) is 11.7. The summed E-state index contributed by atoms with van der Waals surface area (Å²) in [6.45, 7) is 0. The number of hydrogen-bond donors (Lipinski definition) is 3. The number of ether oxygens (including phenoxy) is 1. The van der Waals surface area contributed by atoms with E-state index in [1.54, 1.807) is 18.7 Å². The third kappa shape index (κ3) is 3.65. The van der Waals surface area contributed by atoms with Crippen LogP contribution in [0.15, 0.2) is 34.5 Å². The molecule has 0 radical (unpaired) electrons. The smallest absolute Gasteiger partial charge is 0.237 e. The van der Waals surface area contributed by atoms with Crippen LogP contribution in [0.4, 0.5) is 0 Å². The van der Waals surface area contributed by atoms with E-state index in [9.17, 15) is 0 Å². The molecule has 0 atom stereocenters. The summed E-state index contributed by atoms with van der Waals surface area (Å²) in [5.74, 6) is 0.560. The Bertz CT molecular complexity index is 376. The molecular formula is C9H12N4O2. The molecule has 0 unspecified atom stereocenters. The van der Waals surface area contributed by atoms with Gasteiger partial charge in [-0.25, -0.2) is 5.48 Å². The van der Waals surface area contributed by atoms with Crippen LogP contribution in [0.2, 0.25) is 0 Å². The average Bonchev–Trinajstić information content (AvgIpc) is 2.29. The highest BCUT2D eigenvalue weighted by molar-refractivity contribution is 5.82. The van der Waals surface area contributed by atoms with Crippen molar-refractivity contribution in [3.05, 3.63) is 29.8 Å². The number of nitrogens with zero attached hydrogens (tertiary/aromatic N) is 2. The largest absolute Gasteiger partial charge is 0.497 e. The van der Waals surface area contributed by atoms with Crippen molar-refractivity contribution < 1.29 is 9.94 Å². The number of nitrogens with two attached hydrogens (primary N) is 1. The lowest BCUT2D eigenvalue weighted by molar-refractivity contribution is 0.232. The Labute approximate surface area is 87.0 Å².